The Kier molecular flexibility index (Phi) is 7.25. The predicted molar refractivity (Wildman–Crippen MR) is 143 cm³/mol. The molecule has 178 valence electrons. The minimum absolute atomic E-state index is 0.0549. The molecule has 5 rings (SSSR count). The number of pyridine rings is 1. The van der Waals surface area contributed by atoms with E-state index < -0.39 is 5.41 Å². The summed E-state index contributed by atoms with van der Waals surface area (Å²) >= 11 is 3.42. The second kappa shape index (κ2) is 10.7. The highest BCUT2D eigenvalue weighted by atomic mass is 32.2. The number of aromatic nitrogens is 3. The lowest BCUT2D eigenvalue weighted by molar-refractivity contribution is -0.125. The zero-order valence-corrected chi connectivity index (χ0v) is 21.4. The predicted octanol–water partition coefficient (Wildman–Crippen LogP) is 6.18. The molecule has 4 aromatic rings. The summed E-state index contributed by atoms with van der Waals surface area (Å²) in [4.78, 5) is 18.4. The fraction of sp³-hybridized carbons (Fsp3) is 0.286. The molecule has 0 fully saturated rings. The number of amides is 1. The number of nitrogens with one attached hydrogen (secondary N) is 1. The van der Waals surface area contributed by atoms with Crippen LogP contribution in [0.2, 0.25) is 0 Å². The molecule has 2 aromatic heterocycles. The molecule has 1 amide bonds. The van der Waals surface area contributed by atoms with E-state index in [1.54, 1.807) is 29.3 Å². The SMILES string of the molecule is Cc1nnc(SCCCCCC2(C(=O)NCc3ccccn3)c3ccccc3-c3ccccc32)s1. The molecular formula is C28H28N4OS2. The molecule has 1 aliphatic rings. The molecule has 0 saturated heterocycles. The van der Waals surface area contributed by atoms with Gasteiger partial charge in [0, 0.05) is 11.9 Å². The van der Waals surface area contributed by atoms with Gasteiger partial charge in [-0.1, -0.05) is 90.5 Å². The summed E-state index contributed by atoms with van der Waals surface area (Å²) in [5.41, 5.74) is 4.72. The van der Waals surface area contributed by atoms with Crippen molar-refractivity contribution in [2.75, 3.05) is 5.75 Å². The van der Waals surface area contributed by atoms with Gasteiger partial charge in [-0.2, -0.15) is 0 Å². The second-order valence-electron chi connectivity index (χ2n) is 8.75. The molecule has 0 atom stereocenters. The Labute approximate surface area is 214 Å². The number of hydrogen-bond acceptors (Lipinski definition) is 6. The molecule has 0 unspecified atom stereocenters. The topological polar surface area (TPSA) is 67.8 Å². The average Bonchev–Trinajstić information content (AvgIpc) is 3.44. The van der Waals surface area contributed by atoms with E-state index in [4.69, 9.17) is 0 Å². The van der Waals surface area contributed by atoms with E-state index in [-0.39, 0.29) is 5.91 Å². The van der Waals surface area contributed by atoms with Crippen LogP contribution in [0.5, 0.6) is 0 Å². The number of hydrogen-bond donors (Lipinski definition) is 1. The van der Waals surface area contributed by atoms with Gasteiger partial charge in [-0.05, 0) is 54.2 Å². The Bertz CT molecular complexity index is 1260. The Morgan fingerprint density at radius 3 is 2.29 bits per heavy atom. The third-order valence-corrected chi connectivity index (χ3v) is 8.60. The zero-order chi connectivity index (χ0) is 24.1. The van der Waals surface area contributed by atoms with Crippen LogP contribution in [0, 0.1) is 6.92 Å². The normalized spacial score (nSPS) is 13.3. The van der Waals surface area contributed by atoms with Gasteiger partial charge >= 0.3 is 0 Å². The maximum absolute atomic E-state index is 14.0. The van der Waals surface area contributed by atoms with E-state index in [9.17, 15) is 4.79 Å². The van der Waals surface area contributed by atoms with Crippen LogP contribution >= 0.6 is 23.1 Å². The number of unbranched alkanes of at least 4 members (excludes halogenated alkanes) is 2. The van der Waals surface area contributed by atoms with Gasteiger partial charge < -0.3 is 5.32 Å². The smallest absolute Gasteiger partial charge is 0.235 e. The van der Waals surface area contributed by atoms with Gasteiger partial charge in [0.1, 0.15) is 10.4 Å². The van der Waals surface area contributed by atoms with Crippen LogP contribution in [0.25, 0.3) is 11.1 Å². The molecule has 0 saturated carbocycles. The minimum atomic E-state index is -0.689. The third-order valence-electron chi connectivity index (χ3n) is 6.54. The van der Waals surface area contributed by atoms with Crippen LogP contribution in [-0.2, 0) is 16.8 Å². The van der Waals surface area contributed by atoms with Crippen molar-refractivity contribution in [3.8, 4) is 11.1 Å². The first-order valence-electron chi connectivity index (χ1n) is 12.0. The molecule has 7 heteroatoms. The fourth-order valence-electron chi connectivity index (χ4n) is 4.94. The van der Waals surface area contributed by atoms with Crippen molar-refractivity contribution < 1.29 is 4.79 Å². The van der Waals surface area contributed by atoms with Gasteiger partial charge in [-0.15, -0.1) is 10.2 Å². The Morgan fingerprint density at radius 1 is 0.914 bits per heavy atom. The average molecular weight is 501 g/mol. The highest BCUT2D eigenvalue weighted by Gasteiger charge is 2.48. The van der Waals surface area contributed by atoms with Crippen LogP contribution in [0.4, 0.5) is 0 Å². The monoisotopic (exact) mass is 500 g/mol. The molecule has 0 aliphatic heterocycles. The quantitative estimate of drug-likeness (QED) is 0.208. The Morgan fingerprint density at radius 2 is 1.63 bits per heavy atom. The Hall–Kier alpha value is -3.03. The van der Waals surface area contributed by atoms with E-state index >= 15 is 0 Å². The maximum Gasteiger partial charge on any atom is 0.235 e. The number of benzene rings is 2. The number of aryl methyl sites for hydroxylation is 1. The molecule has 5 nitrogen and oxygen atoms in total. The molecule has 0 spiro atoms. The maximum atomic E-state index is 14.0. The highest BCUT2D eigenvalue weighted by Crippen LogP contribution is 2.51. The van der Waals surface area contributed by atoms with Crippen LogP contribution in [0.15, 0.2) is 77.3 Å². The van der Waals surface area contributed by atoms with E-state index in [1.165, 1.54) is 11.1 Å². The lowest BCUT2D eigenvalue weighted by Gasteiger charge is -2.31. The summed E-state index contributed by atoms with van der Waals surface area (Å²) in [6, 6.07) is 22.5. The molecule has 35 heavy (non-hydrogen) atoms. The summed E-state index contributed by atoms with van der Waals surface area (Å²) in [6.07, 6.45) is 5.65. The summed E-state index contributed by atoms with van der Waals surface area (Å²) in [7, 11) is 0. The number of thioether (sulfide) groups is 1. The molecule has 1 aliphatic carbocycles. The van der Waals surface area contributed by atoms with Gasteiger partial charge in [0.25, 0.3) is 0 Å². The minimum Gasteiger partial charge on any atom is -0.349 e. The van der Waals surface area contributed by atoms with Crippen LogP contribution in [0.1, 0.15) is 47.5 Å². The number of carbonyl (C=O) groups is 1. The highest BCUT2D eigenvalue weighted by molar-refractivity contribution is 8.01. The number of rotatable bonds is 10. The number of fused-ring (bicyclic) bond motifs is 3. The lowest BCUT2D eigenvalue weighted by atomic mass is 9.73. The van der Waals surface area contributed by atoms with Gasteiger partial charge in [0.15, 0.2) is 4.34 Å². The standard InChI is InChI=1S/C28H28N4OS2/c1-20-31-32-27(35-20)34-18-10-2-8-16-28(26(33)30-19-21-11-7-9-17-29-21)24-14-5-3-12-22(24)23-13-4-6-15-25(23)28/h3-7,9,11-15,17H,2,8,10,16,18-19H2,1H3,(H,30,33). The van der Waals surface area contributed by atoms with Crippen molar-refractivity contribution in [1.29, 1.82) is 0 Å². The number of carbonyl (C=O) groups excluding carboxylic acids is 1. The molecule has 2 heterocycles. The van der Waals surface area contributed by atoms with Crippen molar-refractivity contribution in [3.05, 3.63) is 94.8 Å². The van der Waals surface area contributed by atoms with Gasteiger partial charge in [0.2, 0.25) is 5.91 Å². The van der Waals surface area contributed by atoms with Crippen LogP contribution < -0.4 is 5.32 Å². The largest absolute Gasteiger partial charge is 0.349 e. The van der Waals surface area contributed by atoms with Gasteiger partial charge in [-0.3, -0.25) is 9.78 Å². The Balaban J connectivity index is 1.34. The summed E-state index contributed by atoms with van der Waals surface area (Å²) in [5, 5.41) is 12.5. The molecule has 2 aromatic carbocycles. The first-order chi connectivity index (χ1) is 17.2. The first kappa shape index (κ1) is 23.7. The van der Waals surface area contributed by atoms with Crippen molar-refractivity contribution in [1.82, 2.24) is 20.5 Å². The summed E-state index contributed by atoms with van der Waals surface area (Å²) < 4.78 is 1.03. The van der Waals surface area contributed by atoms with E-state index in [2.05, 4.69) is 56.9 Å². The summed E-state index contributed by atoms with van der Waals surface area (Å²) in [6.45, 7) is 2.40. The molecule has 0 radical (unpaired) electrons. The molecule has 1 N–H and O–H groups in total. The fourth-order valence-corrected chi connectivity index (χ4v) is 6.83. The van der Waals surface area contributed by atoms with Crippen molar-refractivity contribution in [3.63, 3.8) is 0 Å². The van der Waals surface area contributed by atoms with E-state index in [0.29, 0.717) is 6.54 Å². The van der Waals surface area contributed by atoms with Crippen molar-refractivity contribution in [2.45, 2.75) is 48.9 Å². The van der Waals surface area contributed by atoms with E-state index in [0.717, 1.165) is 57.6 Å². The second-order valence-corrected chi connectivity index (χ2v) is 11.3. The number of nitrogens with zero attached hydrogens (tertiary/aromatic N) is 3. The van der Waals surface area contributed by atoms with Gasteiger partial charge in [-0.25, -0.2) is 0 Å². The first-order valence-corrected chi connectivity index (χ1v) is 13.8. The lowest BCUT2D eigenvalue weighted by Crippen LogP contribution is -2.44. The van der Waals surface area contributed by atoms with Crippen molar-refractivity contribution in [2.24, 2.45) is 0 Å². The van der Waals surface area contributed by atoms with Crippen LogP contribution in [-0.4, -0.2) is 26.8 Å². The molecular weight excluding hydrogens is 472 g/mol. The van der Waals surface area contributed by atoms with Crippen molar-refractivity contribution >= 4 is 29.0 Å². The third kappa shape index (κ3) is 4.88. The summed E-state index contributed by atoms with van der Waals surface area (Å²) in [5.74, 6) is 1.07. The van der Waals surface area contributed by atoms with Crippen LogP contribution in [0.3, 0.4) is 0 Å². The molecule has 0 bridgehead atoms. The zero-order valence-electron chi connectivity index (χ0n) is 19.7. The van der Waals surface area contributed by atoms with E-state index in [1.807, 2.05) is 37.3 Å². The van der Waals surface area contributed by atoms with Gasteiger partial charge in [0.05, 0.1) is 12.2 Å².